The van der Waals surface area contributed by atoms with Gasteiger partial charge in [0.2, 0.25) is 0 Å². The average molecular weight is 279 g/mol. The number of benzene rings is 1. The van der Waals surface area contributed by atoms with E-state index in [4.69, 9.17) is 0 Å². The summed E-state index contributed by atoms with van der Waals surface area (Å²) in [5.41, 5.74) is 0.167. The minimum Gasteiger partial charge on any atom is -0.504 e. The summed E-state index contributed by atoms with van der Waals surface area (Å²) >= 11 is 0. The second-order valence-corrected chi connectivity index (χ2v) is 5.10. The maximum absolute atomic E-state index is 12.4. The van der Waals surface area contributed by atoms with E-state index in [1.165, 1.54) is 17.0 Å². The molecule has 1 fully saturated rings. The molecule has 1 aromatic rings. The Labute approximate surface area is 116 Å². The number of hydrogen-bond donors (Lipinski definition) is 3. The highest BCUT2D eigenvalue weighted by Gasteiger charge is 2.37. The van der Waals surface area contributed by atoms with Gasteiger partial charge in [-0.15, -0.1) is 0 Å². The molecule has 1 aromatic carbocycles. The van der Waals surface area contributed by atoms with Crippen LogP contribution in [0, 0.1) is 5.92 Å². The Hall–Kier alpha value is -2.24. The molecule has 1 heterocycles. The summed E-state index contributed by atoms with van der Waals surface area (Å²) in [6, 6.07) is 2.88. The highest BCUT2D eigenvalue weighted by atomic mass is 16.4. The van der Waals surface area contributed by atoms with Crippen LogP contribution in [0.15, 0.2) is 18.2 Å². The van der Waals surface area contributed by atoms with Gasteiger partial charge < -0.3 is 20.2 Å². The van der Waals surface area contributed by atoms with Gasteiger partial charge in [-0.05, 0) is 37.0 Å². The predicted molar refractivity (Wildman–Crippen MR) is 70.6 cm³/mol. The molecule has 2 unspecified atom stereocenters. The number of carboxylic acid groups (broad SMARTS) is 1. The van der Waals surface area contributed by atoms with Crippen LogP contribution in [0.1, 0.15) is 30.1 Å². The third-order valence-electron chi connectivity index (χ3n) is 3.67. The largest absolute Gasteiger partial charge is 0.504 e. The first-order valence-electron chi connectivity index (χ1n) is 6.47. The third-order valence-corrected chi connectivity index (χ3v) is 3.67. The number of carbonyl (C=O) groups is 2. The van der Waals surface area contributed by atoms with E-state index in [2.05, 4.69) is 0 Å². The molecule has 108 valence electrons. The molecule has 1 amide bonds. The Bertz CT molecular complexity index is 542. The van der Waals surface area contributed by atoms with Gasteiger partial charge in [0.15, 0.2) is 11.5 Å². The number of hydrogen-bond acceptors (Lipinski definition) is 4. The molecule has 1 aliphatic heterocycles. The molecule has 0 spiro atoms. The van der Waals surface area contributed by atoms with Crippen molar-refractivity contribution in [1.29, 1.82) is 0 Å². The van der Waals surface area contributed by atoms with Gasteiger partial charge in [-0.1, -0.05) is 6.92 Å². The summed E-state index contributed by atoms with van der Waals surface area (Å²) < 4.78 is 0. The van der Waals surface area contributed by atoms with Crippen molar-refractivity contribution in [2.75, 3.05) is 6.54 Å². The Balaban J connectivity index is 2.30. The molecular formula is C14H17NO5. The zero-order valence-electron chi connectivity index (χ0n) is 11.1. The van der Waals surface area contributed by atoms with Crippen LogP contribution in [0.2, 0.25) is 0 Å². The quantitative estimate of drug-likeness (QED) is 0.711. The Kier molecular flexibility index (Phi) is 3.83. The fraction of sp³-hybridized carbons (Fsp3) is 0.429. The molecule has 0 saturated carbocycles. The Morgan fingerprint density at radius 3 is 2.55 bits per heavy atom. The zero-order chi connectivity index (χ0) is 14.9. The Morgan fingerprint density at radius 1 is 1.25 bits per heavy atom. The second-order valence-electron chi connectivity index (χ2n) is 5.10. The summed E-state index contributed by atoms with van der Waals surface area (Å²) in [5.74, 6) is -2.29. The number of aromatic hydroxyl groups is 2. The number of aliphatic carboxylic acids is 1. The van der Waals surface area contributed by atoms with Gasteiger partial charge in [-0.25, -0.2) is 4.79 Å². The number of phenolic OH excluding ortho intramolecular Hbond substituents is 2. The van der Waals surface area contributed by atoms with E-state index < -0.39 is 23.7 Å². The summed E-state index contributed by atoms with van der Waals surface area (Å²) in [6.07, 6.45) is 1.52. The highest BCUT2D eigenvalue weighted by molar-refractivity contribution is 5.97. The molecule has 0 aromatic heterocycles. The first-order chi connectivity index (χ1) is 9.41. The minimum absolute atomic E-state index is 0.115. The first kappa shape index (κ1) is 14.2. The average Bonchev–Trinajstić information content (AvgIpc) is 2.40. The highest BCUT2D eigenvalue weighted by Crippen LogP contribution is 2.29. The van der Waals surface area contributed by atoms with Crippen molar-refractivity contribution in [2.24, 2.45) is 5.92 Å². The summed E-state index contributed by atoms with van der Waals surface area (Å²) in [7, 11) is 0. The van der Waals surface area contributed by atoms with Crippen LogP contribution < -0.4 is 0 Å². The van der Waals surface area contributed by atoms with Crippen LogP contribution in [-0.4, -0.2) is 44.7 Å². The van der Waals surface area contributed by atoms with Gasteiger partial charge in [-0.3, -0.25) is 4.79 Å². The normalized spacial score (nSPS) is 22.6. The van der Waals surface area contributed by atoms with E-state index in [1.807, 2.05) is 6.92 Å². The number of piperidine rings is 1. The molecule has 2 rings (SSSR count). The fourth-order valence-corrected chi connectivity index (χ4v) is 2.61. The lowest BCUT2D eigenvalue weighted by Gasteiger charge is -2.37. The van der Waals surface area contributed by atoms with Crippen molar-refractivity contribution in [3.63, 3.8) is 0 Å². The number of phenols is 2. The lowest BCUT2D eigenvalue weighted by Crippen LogP contribution is -2.51. The molecule has 2 atom stereocenters. The van der Waals surface area contributed by atoms with Crippen LogP contribution in [-0.2, 0) is 4.79 Å². The van der Waals surface area contributed by atoms with Crippen molar-refractivity contribution in [3.8, 4) is 11.5 Å². The van der Waals surface area contributed by atoms with Crippen molar-refractivity contribution in [3.05, 3.63) is 23.8 Å². The van der Waals surface area contributed by atoms with Gasteiger partial charge in [0.05, 0.1) is 0 Å². The molecule has 0 bridgehead atoms. The maximum Gasteiger partial charge on any atom is 0.326 e. The summed E-state index contributed by atoms with van der Waals surface area (Å²) in [5, 5.41) is 28.0. The van der Waals surface area contributed by atoms with E-state index in [1.54, 1.807) is 0 Å². The molecule has 6 nitrogen and oxygen atoms in total. The molecule has 1 saturated heterocycles. The Morgan fingerprint density at radius 2 is 1.95 bits per heavy atom. The molecule has 6 heteroatoms. The van der Waals surface area contributed by atoms with Gasteiger partial charge in [0, 0.05) is 12.1 Å². The molecule has 3 N–H and O–H groups in total. The number of carbonyl (C=O) groups excluding carboxylic acids is 1. The van der Waals surface area contributed by atoms with E-state index in [0.29, 0.717) is 6.54 Å². The smallest absolute Gasteiger partial charge is 0.326 e. The summed E-state index contributed by atoms with van der Waals surface area (Å²) in [6.45, 7) is 2.19. The van der Waals surface area contributed by atoms with Crippen LogP contribution in [0.25, 0.3) is 0 Å². The minimum atomic E-state index is -1.02. The van der Waals surface area contributed by atoms with Gasteiger partial charge in [-0.2, -0.15) is 0 Å². The molecule has 0 radical (unpaired) electrons. The van der Waals surface area contributed by atoms with Crippen LogP contribution in [0.4, 0.5) is 0 Å². The lowest BCUT2D eigenvalue weighted by molar-refractivity contribution is -0.145. The van der Waals surface area contributed by atoms with E-state index in [9.17, 15) is 24.9 Å². The lowest BCUT2D eigenvalue weighted by atomic mass is 9.90. The number of amides is 1. The zero-order valence-corrected chi connectivity index (χ0v) is 11.1. The van der Waals surface area contributed by atoms with E-state index in [-0.39, 0.29) is 17.2 Å². The number of nitrogens with zero attached hydrogens (tertiary/aromatic N) is 1. The number of carboxylic acids is 1. The van der Waals surface area contributed by atoms with Crippen molar-refractivity contribution >= 4 is 11.9 Å². The monoisotopic (exact) mass is 279 g/mol. The van der Waals surface area contributed by atoms with Gasteiger partial charge >= 0.3 is 5.97 Å². The topological polar surface area (TPSA) is 98.1 Å². The second kappa shape index (κ2) is 5.40. The number of rotatable bonds is 2. The van der Waals surface area contributed by atoms with Crippen LogP contribution in [0.5, 0.6) is 11.5 Å². The number of likely N-dealkylation sites (tertiary alicyclic amines) is 1. The van der Waals surface area contributed by atoms with E-state index in [0.717, 1.165) is 18.9 Å². The van der Waals surface area contributed by atoms with Crippen molar-refractivity contribution < 1.29 is 24.9 Å². The van der Waals surface area contributed by atoms with Crippen molar-refractivity contribution in [1.82, 2.24) is 4.90 Å². The molecule has 20 heavy (non-hydrogen) atoms. The van der Waals surface area contributed by atoms with Gasteiger partial charge in [0.1, 0.15) is 6.04 Å². The SMILES string of the molecule is CC1CCCN(C(=O)c2ccc(O)c(O)c2)C1C(=O)O. The summed E-state index contributed by atoms with van der Waals surface area (Å²) in [4.78, 5) is 25.1. The van der Waals surface area contributed by atoms with Gasteiger partial charge in [0.25, 0.3) is 5.91 Å². The third kappa shape index (κ3) is 2.54. The van der Waals surface area contributed by atoms with E-state index >= 15 is 0 Å². The molecular weight excluding hydrogens is 262 g/mol. The first-order valence-corrected chi connectivity index (χ1v) is 6.47. The van der Waals surface area contributed by atoms with Crippen LogP contribution >= 0.6 is 0 Å². The predicted octanol–water partition coefficient (Wildman–Crippen LogP) is 1.42. The molecule has 1 aliphatic rings. The fourth-order valence-electron chi connectivity index (χ4n) is 2.61. The molecule has 0 aliphatic carbocycles. The standard InChI is InChI=1S/C14H17NO5/c1-8-3-2-6-15(12(8)14(19)20)13(18)9-4-5-10(16)11(17)7-9/h4-5,7-8,12,16-17H,2-3,6H2,1H3,(H,19,20). The van der Waals surface area contributed by atoms with Crippen molar-refractivity contribution in [2.45, 2.75) is 25.8 Å². The van der Waals surface area contributed by atoms with Crippen LogP contribution in [0.3, 0.4) is 0 Å². The maximum atomic E-state index is 12.4.